The molecule has 0 radical (unpaired) electrons. The van der Waals surface area contributed by atoms with E-state index in [2.05, 4.69) is 29.2 Å². The van der Waals surface area contributed by atoms with E-state index in [-0.39, 0.29) is 0 Å². The molecule has 2 bridgehead atoms. The normalized spacial score (nSPS) is 41.4. The van der Waals surface area contributed by atoms with Crippen LogP contribution >= 0.6 is 0 Å². The Morgan fingerprint density at radius 1 is 1.00 bits per heavy atom. The molecule has 1 heterocycles. The molecule has 1 unspecified atom stereocenters. The van der Waals surface area contributed by atoms with Crippen LogP contribution in [0, 0.1) is 17.8 Å². The van der Waals surface area contributed by atoms with Crippen molar-refractivity contribution in [3.05, 3.63) is 35.4 Å². The highest BCUT2D eigenvalue weighted by molar-refractivity contribution is 5.83. The number of hydrogen-bond donors (Lipinski definition) is 0. The fraction of sp³-hybridized carbons (Fsp3) is 0.696. The third-order valence-corrected chi connectivity index (χ3v) is 8.85. The number of benzene rings is 1. The largest absolute Gasteiger partial charge is 0.300 e. The van der Waals surface area contributed by atoms with E-state index in [1.165, 1.54) is 57.2 Å². The molecule has 5 aliphatic rings. The van der Waals surface area contributed by atoms with Crippen LogP contribution in [0.5, 0.6) is 0 Å². The molecule has 132 valence electrons. The summed E-state index contributed by atoms with van der Waals surface area (Å²) >= 11 is 0. The lowest BCUT2D eigenvalue weighted by atomic mass is 9.66. The third-order valence-electron chi connectivity index (χ3n) is 8.85. The first-order valence-electron chi connectivity index (χ1n) is 10.6. The minimum Gasteiger partial charge on any atom is -0.300 e. The summed E-state index contributed by atoms with van der Waals surface area (Å²) in [4.78, 5) is 15.1. The molecule has 1 spiro atoms. The van der Waals surface area contributed by atoms with Crippen molar-refractivity contribution in [2.75, 3.05) is 13.1 Å². The summed E-state index contributed by atoms with van der Waals surface area (Å²) in [5, 5.41) is 0. The highest BCUT2D eigenvalue weighted by Crippen LogP contribution is 2.61. The van der Waals surface area contributed by atoms with E-state index >= 15 is 0 Å². The van der Waals surface area contributed by atoms with Gasteiger partial charge in [0.05, 0.1) is 0 Å². The van der Waals surface area contributed by atoms with Gasteiger partial charge in [-0.1, -0.05) is 30.7 Å². The second-order valence-electron chi connectivity index (χ2n) is 9.68. The monoisotopic (exact) mass is 335 g/mol. The van der Waals surface area contributed by atoms with Crippen LogP contribution in [0.15, 0.2) is 24.3 Å². The lowest BCUT2D eigenvalue weighted by Crippen LogP contribution is -2.50. The van der Waals surface area contributed by atoms with Gasteiger partial charge in [0, 0.05) is 24.3 Å². The summed E-state index contributed by atoms with van der Waals surface area (Å²) in [6.45, 7) is 2.53. The van der Waals surface area contributed by atoms with Crippen LogP contribution in [0.4, 0.5) is 0 Å². The smallest absolute Gasteiger partial charge is 0.133 e. The Labute approximate surface area is 151 Å². The van der Waals surface area contributed by atoms with Crippen molar-refractivity contribution in [3.63, 3.8) is 0 Å². The molecule has 2 nitrogen and oxygen atoms in total. The second-order valence-corrected chi connectivity index (χ2v) is 9.68. The molecule has 0 aromatic heterocycles. The zero-order valence-corrected chi connectivity index (χ0v) is 15.1. The number of likely N-dealkylation sites (tertiary alicyclic amines) is 1. The first-order valence-corrected chi connectivity index (χ1v) is 10.6. The van der Waals surface area contributed by atoms with E-state index in [1.54, 1.807) is 5.56 Å². The first kappa shape index (κ1) is 15.0. The van der Waals surface area contributed by atoms with E-state index in [1.807, 2.05) is 0 Å². The van der Waals surface area contributed by atoms with Gasteiger partial charge in [0.1, 0.15) is 5.78 Å². The number of carbonyl (C=O) groups excluding carboxylic acids is 1. The Hall–Kier alpha value is -1.15. The number of Topliss-reactive ketones (excluding diaryl/α,β-unsaturated/α-hetero) is 1. The minimum atomic E-state index is 0.307. The van der Waals surface area contributed by atoms with Crippen molar-refractivity contribution in [2.45, 2.75) is 68.7 Å². The summed E-state index contributed by atoms with van der Waals surface area (Å²) in [7, 11) is 0. The minimum absolute atomic E-state index is 0.307. The Bertz CT molecular complexity index is 717. The molecule has 25 heavy (non-hydrogen) atoms. The topological polar surface area (TPSA) is 20.3 Å². The second kappa shape index (κ2) is 5.19. The quantitative estimate of drug-likeness (QED) is 0.763. The number of piperidine rings is 1. The van der Waals surface area contributed by atoms with Crippen molar-refractivity contribution in [3.8, 4) is 0 Å². The van der Waals surface area contributed by atoms with E-state index in [4.69, 9.17) is 0 Å². The number of hydrogen-bond acceptors (Lipinski definition) is 2. The van der Waals surface area contributed by atoms with Gasteiger partial charge in [-0.05, 0) is 80.0 Å². The average molecular weight is 335 g/mol. The van der Waals surface area contributed by atoms with Gasteiger partial charge < -0.3 is 4.90 Å². The van der Waals surface area contributed by atoms with Gasteiger partial charge in [0.15, 0.2) is 0 Å². The van der Waals surface area contributed by atoms with Crippen LogP contribution in [0.3, 0.4) is 0 Å². The van der Waals surface area contributed by atoms with Gasteiger partial charge in [-0.2, -0.15) is 0 Å². The van der Waals surface area contributed by atoms with Crippen molar-refractivity contribution in [1.82, 2.24) is 4.90 Å². The van der Waals surface area contributed by atoms with Gasteiger partial charge in [-0.15, -0.1) is 0 Å². The Kier molecular flexibility index (Phi) is 3.11. The zero-order valence-electron chi connectivity index (χ0n) is 15.1. The van der Waals surface area contributed by atoms with Gasteiger partial charge >= 0.3 is 0 Å². The average Bonchev–Trinajstić information content (AvgIpc) is 3.40. The summed E-state index contributed by atoms with van der Waals surface area (Å²) in [5.41, 5.74) is 3.44. The van der Waals surface area contributed by atoms with E-state index in [0.29, 0.717) is 23.0 Å². The molecule has 0 N–H and O–H groups in total. The molecular formula is C23H29NO. The van der Waals surface area contributed by atoms with Crippen molar-refractivity contribution in [2.24, 2.45) is 17.8 Å². The van der Waals surface area contributed by atoms with Crippen molar-refractivity contribution >= 4 is 5.78 Å². The maximum atomic E-state index is 12.2. The predicted molar refractivity (Wildman–Crippen MR) is 98.6 cm³/mol. The number of rotatable bonds is 1. The third kappa shape index (κ3) is 1.98. The SMILES string of the molecule is O=C1C[C@@H]2c3ccccc3C3(CCN(C4C[C@H]5CC[C@@H]4C5)CC3)[C@@H]2C1. The molecule has 1 aromatic rings. The molecule has 2 heteroatoms. The molecule has 1 aliphatic heterocycles. The molecule has 5 atom stereocenters. The van der Waals surface area contributed by atoms with Crippen LogP contribution in [0.25, 0.3) is 0 Å². The zero-order chi connectivity index (χ0) is 16.6. The molecule has 4 fully saturated rings. The highest BCUT2D eigenvalue weighted by atomic mass is 16.1. The maximum absolute atomic E-state index is 12.2. The standard InChI is InChI=1S/C23H29NO/c25-17-13-19-18-3-1-2-4-20(18)23(21(19)14-17)7-9-24(10-8-23)22-12-15-5-6-16(22)11-15/h1-4,15-16,19,21-22H,5-14H2/t15-,16+,19+,21+,22?/m0/s1. The molecule has 1 aromatic carbocycles. The number of ketones is 1. The van der Waals surface area contributed by atoms with Crippen LogP contribution in [0.1, 0.15) is 68.4 Å². The van der Waals surface area contributed by atoms with Crippen molar-refractivity contribution in [1.29, 1.82) is 0 Å². The van der Waals surface area contributed by atoms with Gasteiger partial charge in [-0.25, -0.2) is 0 Å². The highest BCUT2D eigenvalue weighted by Gasteiger charge is 2.56. The Morgan fingerprint density at radius 2 is 1.84 bits per heavy atom. The summed E-state index contributed by atoms with van der Waals surface area (Å²) in [5.74, 6) is 3.67. The lowest BCUT2D eigenvalue weighted by Gasteiger charge is -2.47. The van der Waals surface area contributed by atoms with Crippen LogP contribution in [0.2, 0.25) is 0 Å². The van der Waals surface area contributed by atoms with Crippen LogP contribution in [-0.4, -0.2) is 29.8 Å². The van der Waals surface area contributed by atoms with Gasteiger partial charge in [-0.3, -0.25) is 4.79 Å². The Balaban J connectivity index is 1.29. The first-order chi connectivity index (χ1) is 12.2. The summed E-state index contributed by atoms with van der Waals surface area (Å²) in [6, 6.07) is 10.0. The van der Waals surface area contributed by atoms with Crippen LogP contribution < -0.4 is 0 Å². The summed E-state index contributed by atoms with van der Waals surface area (Å²) in [6.07, 6.45) is 10.2. The molecule has 3 saturated carbocycles. The van der Waals surface area contributed by atoms with E-state index < -0.39 is 0 Å². The van der Waals surface area contributed by atoms with Crippen molar-refractivity contribution < 1.29 is 4.79 Å². The maximum Gasteiger partial charge on any atom is 0.133 e. The fourth-order valence-corrected chi connectivity index (χ4v) is 7.79. The Morgan fingerprint density at radius 3 is 2.60 bits per heavy atom. The summed E-state index contributed by atoms with van der Waals surface area (Å²) < 4.78 is 0. The predicted octanol–water partition coefficient (Wildman–Crippen LogP) is 4.29. The van der Waals surface area contributed by atoms with Gasteiger partial charge in [0.2, 0.25) is 0 Å². The number of carbonyl (C=O) groups is 1. The number of nitrogens with zero attached hydrogens (tertiary/aromatic N) is 1. The van der Waals surface area contributed by atoms with E-state index in [0.717, 1.165) is 30.7 Å². The molecule has 0 amide bonds. The number of fused-ring (bicyclic) bond motifs is 7. The molecule has 4 aliphatic carbocycles. The molecular weight excluding hydrogens is 306 g/mol. The molecule has 1 saturated heterocycles. The van der Waals surface area contributed by atoms with Gasteiger partial charge in [0.25, 0.3) is 0 Å². The van der Waals surface area contributed by atoms with Crippen LogP contribution in [-0.2, 0) is 10.2 Å². The lowest BCUT2D eigenvalue weighted by molar-refractivity contribution is -0.118. The molecule has 6 rings (SSSR count). The van der Waals surface area contributed by atoms with E-state index in [9.17, 15) is 4.79 Å². The fourth-order valence-electron chi connectivity index (χ4n) is 7.79.